The summed E-state index contributed by atoms with van der Waals surface area (Å²) in [5.74, 6) is 0. The second-order valence-electron chi connectivity index (χ2n) is 2.85. The summed E-state index contributed by atoms with van der Waals surface area (Å²) in [7, 11) is 0. The molecule has 0 radical (unpaired) electrons. The average molecular weight is 176 g/mol. The van der Waals surface area contributed by atoms with E-state index in [1.807, 2.05) is 6.07 Å². The third kappa shape index (κ3) is 1.53. The lowest BCUT2D eigenvalue weighted by Gasteiger charge is -2.01. The third-order valence-corrected chi connectivity index (χ3v) is 1.98. The third-order valence-electron chi connectivity index (χ3n) is 1.98. The van der Waals surface area contributed by atoms with Gasteiger partial charge in [-0.2, -0.15) is 0 Å². The molecular weight excluding hydrogens is 164 g/mol. The Morgan fingerprint density at radius 3 is 3.23 bits per heavy atom. The van der Waals surface area contributed by atoms with Crippen molar-refractivity contribution in [2.45, 2.75) is 13.5 Å². The van der Waals surface area contributed by atoms with Crippen LogP contribution in [0.4, 0.5) is 0 Å². The van der Waals surface area contributed by atoms with Crippen molar-refractivity contribution in [1.29, 1.82) is 0 Å². The minimum absolute atomic E-state index is 0.787. The largest absolute Gasteiger partial charge is 0.343 e. The number of nitrogens with zero attached hydrogens (tertiary/aromatic N) is 2. The van der Waals surface area contributed by atoms with Gasteiger partial charge in [-0.15, -0.1) is 0 Å². The summed E-state index contributed by atoms with van der Waals surface area (Å²) in [6, 6.07) is 2.00. The molecule has 2 aromatic heterocycles. The van der Waals surface area contributed by atoms with E-state index in [2.05, 4.69) is 27.2 Å². The molecule has 0 spiro atoms. The van der Waals surface area contributed by atoms with E-state index in [4.69, 9.17) is 0 Å². The van der Waals surface area contributed by atoms with Gasteiger partial charge in [0, 0.05) is 12.7 Å². The van der Waals surface area contributed by atoms with Gasteiger partial charge in [0.2, 0.25) is 0 Å². The maximum atomic E-state index is 4.14. The van der Waals surface area contributed by atoms with Gasteiger partial charge in [0.1, 0.15) is 0 Å². The molecule has 0 aliphatic heterocycles. The summed E-state index contributed by atoms with van der Waals surface area (Å²) in [5, 5.41) is 3.27. The second-order valence-corrected chi connectivity index (χ2v) is 2.85. The van der Waals surface area contributed by atoms with Gasteiger partial charge in [-0.1, -0.05) is 6.92 Å². The highest BCUT2D eigenvalue weighted by Crippen LogP contribution is 2.11. The summed E-state index contributed by atoms with van der Waals surface area (Å²) < 4.78 is 0. The number of aromatic nitrogens is 3. The molecule has 0 aliphatic carbocycles. The van der Waals surface area contributed by atoms with Crippen LogP contribution in [0.1, 0.15) is 12.5 Å². The number of hydrogen-bond donors (Lipinski definition) is 2. The van der Waals surface area contributed by atoms with Gasteiger partial charge in [-0.25, -0.2) is 9.97 Å². The molecule has 0 unspecified atom stereocenters. The summed E-state index contributed by atoms with van der Waals surface area (Å²) in [4.78, 5) is 11.3. The summed E-state index contributed by atoms with van der Waals surface area (Å²) >= 11 is 0. The number of rotatable bonds is 3. The SMILES string of the molecule is CCNCc1ccnc2nc[nH]c12. The van der Waals surface area contributed by atoms with E-state index in [0.29, 0.717) is 0 Å². The first-order valence-electron chi connectivity index (χ1n) is 4.39. The molecular formula is C9H12N4. The predicted molar refractivity (Wildman–Crippen MR) is 51.3 cm³/mol. The quantitative estimate of drug-likeness (QED) is 0.735. The minimum atomic E-state index is 0.787. The lowest BCUT2D eigenvalue weighted by Crippen LogP contribution is -2.12. The summed E-state index contributed by atoms with van der Waals surface area (Å²) in [6.07, 6.45) is 3.46. The van der Waals surface area contributed by atoms with Gasteiger partial charge < -0.3 is 10.3 Å². The van der Waals surface area contributed by atoms with Crippen molar-refractivity contribution in [1.82, 2.24) is 20.3 Å². The number of H-pyrrole nitrogens is 1. The molecule has 4 nitrogen and oxygen atoms in total. The Morgan fingerprint density at radius 2 is 2.38 bits per heavy atom. The molecule has 2 aromatic rings. The van der Waals surface area contributed by atoms with E-state index in [9.17, 15) is 0 Å². The van der Waals surface area contributed by atoms with Crippen LogP contribution in [0.3, 0.4) is 0 Å². The first-order valence-corrected chi connectivity index (χ1v) is 4.39. The molecule has 2 N–H and O–H groups in total. The van der Waals surface area contributed by atoms with Crippen LogP contribution in [0.25, 0.3) is 11.2 Å². The topological polar surface area (TPSA) is 53.6 Å². The molecule has 2 rings (SSSR count). The number of pyridine rings is 1. The maximum absolute atomic E-state index is 4.14. The zero-order chi connectivity index (χ0) is 9.10. The van der Waals surface area contributed by atoms with Crippen molar-refractivity contribution in [2.75, 3.05) is 6.54 Å². The van der Waals surface area contributed by atoms with E-state index in [-0.39, 0.29) is 0 Å². The monoisotopic (exact) mass is 176 g/mol. The lowest BCUT2D eigenvalue weighted by atomic mass is 10.2. The highest BCUT2D eigenvalue weighted by molar-refractivity contribution is 5.73. The minimum Gasteiger partial charge on any atom is -0.343 e. The highest BCUT2D eigenvalue weighted by Gasteiger charge is 2.01. The molecule has 0 fully saturated rings. The zero-order valence-electron chi connectivity index (χ0n) is 7.54. The van der Waals surface area contributed by atoms with Crippen LogP contribution in [0.2, 0.25) is 0 Å². The van der Waals surface area contributed by atoms with E-state index < -0.39 is 0 Å². The van der Waals surface area contributed by atoms with Crippen molar-refractivity contribution in [2.24, 2.45) is 0 Å². The fraction of sp³-hybridized carbons (Fsp3) is 0.333. The van der Waals surface area contributed by atoms with Crippen LogP contribution < -0.4 is 5.32 Å². The molecule has 0 atom stereocenters. The van der Waals surface area contributed by atoms with Gasteiger partial charge in [-0.05, 0) is 18.2 Å². The van der Waals surface area contributed by atoms with Gasteiger partial charge in [-0.3, -0.25) is 0 Å². The van der Waals surface area contributed by atoms with E-state index in [0.717, 1.165) is 24.3 Å². The van der Waals surface area contributed by atoms with Crippen LogP contribution >= 0.6 is 0 Å². The van der Waals surface area contributed by atoms with Gasteiger partial charge in [0.15, 0.2) is 5.65 Å². The van der Waals surface area contributed by atoms with Gasteiger partial charge in [0.05, 0.1) is 11.8 Å². The molecule has 4 heteroatoms. The van der Waals surface area contributed by atoms with Crippen molar-refractivity contribution in [3.63, 3.8) is 0 Å². The first kappa shape index (κ1) is 8.19. The zero-order valence-corrected chi connectivity index (χ0v) is 7.54. The number of fused-ring (bicyclic) bond motifs is 1. The van der Waals surface area contributed by atoms with Crippen LogP contribution in [-0.4, -0.2) is 21.5 Å². The predicted octanol–water partition coefficient (Wildman–Crippen LogP) is 1.07. The fourth-order valence-electron chi connectivity index (χ4n) is 1.31. The molecule has 0 aliphatic rings. The lowest BCUT2D eigenvalue weighted by molar-refractivity contribution is 0.729. The smallest absolute Gasteiger partial charge is 0.177 e. The summed E-state index contributed by atoms with van der Waals surface area (Å²) in [5.41, 5.74) is 3.03. The van der Waals surface area contributed by atoms with Crippen LogP contribution in [0, 0.1) is 0 Å². The fourth-order valence-corrected chi connectivity index (χ4v) is 1.31. The van der Waals surface area contributed by atoms with Crippen molar-refractivity contribution in [3.05, 3.63) is 24.2 Å². The molecule has 0 saturated heterocycles. The van der Waals surface area contributed by atoms with E-state index in [1.54, 1.807) is 12.5 Å². The molecule has 13 heavy (non-hydrogen) atoms. The Bertz CT molecular complexity index is 393. The number of nitrogens with one attached hydrogen (secondary N) is 2. The molecule has 0 saturated carbocycles. The Kier molecular flexibility index (Phi) is 2.23. The number of imidazole rings is 1. The molecule has 2 heterocycles. The number of aromatic amines is 1. The average Bonchev–Trinajstić information content (AvgIpc) is 2.62. The van der Waals surface area contributed by atoms with Crippen LogP contribution in [0.15, 0.2) is 18.6 Å². The number of hydrogen-bond acceptors (Lipinski definition) is 3. The molecule has 68 valence electrons. The van der Waals surface area contributed by atoms with E-state index >= 15 is 0 Å². The Labute approximate surface area is 76.4 Å². The van der Waals surface area contributed by atoms with Crippen LogP contribution in [0.5, 0.6) is 0 Å². The molecule has 0 aromatic carbocycles. The Balaban J connectivity index is 2.37. The Morgan fingerprint density at radius 1 is 1.46 bits per heavy atom. The maximum Gasteiger partial charge on any atom is 0.177 e. The Hall–Kier alpha value is -1.42. The molecule has 0 amide bonds. The first-order chi connectivity index (χ1) is 6.42. The highest BCUT2D eigenvalue weighted by atomic mass is 15.0. The van der Waals surface area contributed by atoms with Crippen molar-refractivity contribution in [3.8, 4) is 0 Å². The van der Waals surface area contributed by atoms with Gasteiger partial charge in [0.25, 0.3) is 0 Å². The molecule has 0 bridgehead atoms. The normalized spacial score (nSPS) is 10.8. The second kappa shape index (κ2) is 3.53. The van der Waals surface area contributed by atoms with Crippen LogP contribution in [-0.2, 0) is 6.54 Å². The standard InChI is InChI=1S/C9H12N4/c1-2-10-5-7-3-4-11-9-8(7)12-6-13-9/h3-4,6,10H,2,5H2,1H3,(H,11,12,13). The van der Waals surface area contributed by atoms with Crippen molar-refractivity contribution >= 4 is 11.2 Å². The van der Waals surface area contributed by atoms with E-state index in [1.165, 1.54) is 5.56 Å². The van der Waals surface area contributed by atoms with Gasteiger partial charge >= 0.3 is 0 Å². The summed E-state index contributed by atoms with van der Waals surface area (Å²) in [6.45, 7) is 3.92. The van der Waals surface area contributed by atoms with Crippen molar-refractivity contribution < 1.29 is 0 Å².